The SMILES string of the molecule is N#Cc1cccc(-c2nc(-c3ccc4oc5c(ccc6c(-c7ccccc7)nc7ccccc7c65)c4c3)nc(-n3c4ccccc4c4ccccc43)n2)c1. The predicted molar refractivity (Wildman–Crippen MR) is 215 cm³/mol. The standard InChI is InChI=1S/C47H26N6O/c48-27-28-11-10-14-30(25-28)45-50-46(52-47(51-45)53-39-19-8-5-15-32(39)33-16-6-9-20-40(33)53)31-21-24-41-37(26-31)34-22-23-36-42(44(34)54-41)35-17-4-7-18-38(35)49-43(36)29-12-2-1-3-13-29/h1-26H. The van der Waals surface area contributed by atoms with Gasteiger partial charge in [-0.1, -0.05) is 103 Å². The summed E-state index contributed by atoms with van der Waals surface area (Å²) in [6, 6.07) is 55.1. The van der Waals surface area contributed by atoms with Crippen molar-refractivity contribution in [2.45, 2.75) is 0 Å². The van der Waals surface area contributed by atoms with Gasteiger partial charge >= 0.3 is 0 Å². The molecule has 0 spiro atoms. The molecule has 7 nitrogen and oxygen atoms in total. The lowest BCUT2D eigenvalue weighted by Crippen LogP contribution is -2.06. The van der Waals surface area contributed by atoms with Crippen LogP contribution in [0.1, 0.15) is 5.56 Å². The first-order valence-corrected chi connectivity index (χ1v) is 17.7. The van der Waals surface area contributed by atoms with E-state index < -0.39 is 0 Å². The molecule has 0 saturated heterocycles. The minimum Gasteiger partial charge on any atom is -0.455 e. The van der Waals surface area contributed by atoms with E-state index in [0.717, 1.165) is 87.8 Å². The summed E-state index contributed by atoms with van der Waals surface area (Å²) in [5, 5.41) is 17.0. The highest BCUT2D eigenvalue weighted by atomic mass is 16.3. The van der Waals surface area contributed by atoms with Gasteiger partial charge in [-0.05, 0) is 54.6 Å². The quantitative estimate of drug-likeness (QED) is 0.171. The Labute approximate surface area is 308 Å². The molecule has 250 valence electrons. The second kappa shape index (κ2) is 11.7. The first-order chi connectivity index (χ1) is 26.7. The molecule has 11 aromatic rings. The molecule has 4 heterocycles. The summed E-state index contributed by atoms with van der Waals surface area (Å²) in [6.07, 6.45) is 0. The van der Waals surface area contributed by atoms with Crippen LogP contribution in [0.15, 0.2) is 162 Å². The molecule has 0 saturated carbocycles. The van der Waals surface area contributed by atoms with Crippen LogP contribution in [0.25, 0.3) is 105 Å². The van der Waals surface area contributed by atoms with E-state index in [-0.39, 0.29) is 0 Å². The van der Waals surface area contributed by atoms with Crippen molar-refractivity contribution in [3.8, 4) is 46.1 Å². The van der Waals surface area contributed by atoms with Gasteiger partial charge in [0.05, 0.1) is 33.9 Å². The maximum atomic E-state index is 9.73. The molecule has 0 bridgehead atoms. The lowest BCUT2D eigenvalue weighted by molar-refractivity contribution is 0.673. The van der Waals surface area contributed by atoms with Crippen LogP contribution in [0.2, 0.25) is 0 Å². The minimum atomic E-state index is 0.476. The van der Waals surface area contributed by atoms with E-state index in [9.17, 15) is 5.26 Å². The second-order valence-corrected chi connectivity index (χ2v) is 13.4. The third-order valence-electron chi connectivity index (χ3n) is 10.3. The molecule has 54 heavy (non-hydrogen) atoms. The van der Waals surface area contributed by atoms with Gasteiger partial charge in [-0.2, -0.15) is 15.2 Å². The molecule has 7 heteroatoms. The van der Waals surface area contributed by atoms with Gasteiger partial charge in [0.2, 0.25) is 5.95 Å². The number of nitrogens with zero attached hydrogens (tertiary/aromatic N) is 6. The molecule has 0 N–H and O–H groups in total. The summed E-state index contributed by atoms with van der Waals surface area (Å²) in [4.78, 5) is 20.4. The molecule has 0 aliphatic rings. The Kier molecular flexibility index (Phi) is 6.48. The summed E-state index contributed by atoms with van der Waals surface area (Å²) in [5.41, 5.74) is 8.53. The molecule has 0 fully saturated rings. The fraction of sp³-hybridized carbons (Fsp3) is 0. The van der Waals surface area contributed by atoms with Gasteiger partial charge in [0.15, 0.2) is 11.6 Å². The van der Waals surface area contributed by atoms with Crippen LogP contribution in [-0.2, 0) is 0 Å². The number of hydrogen-bond acceptors (Lipinski definition) is 6. The van der Waals surface area contributed by atoms with Gasteiger partial charge in [-0.25, -0.2) is 9.97 Å². The lowest BCUT2D eigenvalue weighted by atomic mass is 9.97. The van der Waals surface area contributed by atoms with Crippen LogP contribution >= 0.6 is 0 Å². The zero-order chi connectivity index (χ0) is 35.8. The van der Waals surface area contributed by atoms with Crippen LogP contribution in [0.3, 0.4) is 0 Å². The number of nitriles is 1. The van der Waals surface area contributed by atoms with E-state index in [1.54, 1.807) is 6.07 Å². The van der Waals surface area contributed by atoms with E-state index in [0.29, 0.717) is 23.2 Å². The van der Waals surface area contributed by atoms with Crippen LogP contribution < -0.4 is 0 Å². The highest BCUT2D eigenvalue weighted by Gasteiger charge is 2.20. The molecule has 0 aliphatic heterocycles. The maximum Gasteiger partial charge on any atom is 0.238 e. The molecule has 0 aliphatic carbocycles. The molecular formula is C47H26N6O. The smallest absolute Gasteiger partial charge is 0.238 e. The third kappa shape index (κ3) is 4.54. The number of furan rings is 1. The molecule has 11 rings (SSSR count). The monoisotopic (exact) mass is 690 g/mol. The molecule has 0 atom stereocenters. The molecule has 7 aromatic carbocycles. The Bertz CT molecular complexity index is 3300. The highest BCUT2D eigenvalue weighted by molar-refractivity contribution is 6.25. The van der Waals surface area contributed by atoms with Crippen LogP contribution in [-0.4, -0.2) is 24.5 Å². The fourth-order valence-electron chi connectivity index (χ4n) is 7.81. The zero-order valence-electron chi connectivity index (χ0n) is 28.6. The molecule has 0 unspecified atom stereocenters. The van der Waals surface area contributed by atoms with Crippen molar-refractivity contribution in [3.63, 3.8) is 0 Å². The van der Waals surface area contributed by atoms with Gasteiger partial charge in [-0.3, -0.25) is 4.57 Å². The molecule has 0 amide bonds. The van der Waals surface area contributed by atoms with Crippen molar-refractivity contribution >= 4 is 65.4 Å². The van der Waals surface area contributed by atoms with Crippen LogP contribution in [0.4, 0.5) is 0 Å². The van der Waals surface area contributed by atoms with Gasteiger partial charge < -0.3 is 4.42 Å². The first kappa shape index (κ1) is 30.0. The number of hydrogen-bond donors (Lipinski definition) is 0. The lowest BCUT2D eigenvalue weighted by Gasteiger charge is -2.11. The second-order valence-electron chi connectivity index (χ2n) is 13.4. The summed E-state index contributed by atoms with van der Waals surface area (Å²) >= 11 is 0. The Morgan fingerprint density at radius 2 is 1.13 bits per heavy atom. The number of para-hydroxylation sites is 3. The molecular weight excluding hydrogens is 665 g/mol. The van der Waals surface area contributed by atoms with Crippen molar-refractivity contribution in [3.05, 3.63) is 163 Å². The van der Waals surface area contributed by atoms with Gasteiger partial charge in [0.25, 0.3) is 0 Å². The molecule has 0 radical (unpaired) electrons. The van der Waals surface area contributed by atoms with Crippen molar-refractivity contribution in [1.29, 1.82) is 5.26 Å². The highest BCUT2D eigenvalue weighted by Crippen LogP contribution is 2.41. The van der Waals surface area contributed by atoms with Gasteiger partial charge in [0.1, 0.15) is 11.2 Å². The number of pyridine rings is 1. The number of rotatable bonds is 4. The molecule has 4 aromatic heterocycles. The number of aromatic nitrogens is 5. The van der Waals surface area contributed by atoms with E-state index in [1.165, 1.54) is 0 Å². The first-order valence-electron chi connectivity index (χ1n) is 17.7. The van der Waals surface area contributed by atoms with Crippen molar-refractivity contribution in [1.82, 2.24) is 24.5 Å². The fourth-order valence-corrected chi connectivity index (χ4v) is 7.81. The minimum absolute atomic E-state index is 0.476. The largest absolute Gasteiger partial charge is 0.455 e. The number of fused-ring (bicyclic) bond motifs is 10. The summed E-state index contributed by atoms with van der Waals surface area (Å²) in [6.45, 7) is 0. The van der Waals surface area contributed by atoms with Crippen molar-refractivity contribution in [2.75, 3.05) is 0 Å². The van der Waals surface area contributed by atoms with Crippen molar-refractivity contribution in [2.24, 2.45) is 0 Å². The Balaban J connectivity index is 1.17. The summed E-state index contributed by atoms with van der Waals surface area (Å²) in [5.74, 6) is 1.48. The third-order valence-corrected chi connectivity index (χ3v) is 10.3. The Hall–Kier alpha value is -7.69. The van der Waals surface area contributed by atoms with Crippen molar-refractivity contribution < 1.29 is 4.42 Å². The van der Waals surface area contributed by atoms with E-state index in [1.807, 2.05) is 84.9 Å². The zero-order valence-corrected chi connectivity index (χ0v) is 28.6. The average molecular weight is 691 g/mol. The van der Waals surface area contributed by atoms with E-state index in [2.05, 4.69) is 77.4 Å². The summed E-state index contributed by atoms with van der Waals surface area (Å²) < 4.78 is 8.83. The van der Waals surface area contributed by atoms with Crippen LogP contribution in [0, 0.1) is 11.3 Å². The summed E-state index contributed by atoms with van der Waals surface area (Å²) in [7, 11) is 0. The van der Waals surface area contributed by atoms with Gasteiger partial charge in [-0.15, -0.1) is 0 Å². The van der Waals surface area contributed by atoms with E-state index >= 15 is 0 Å². The Morgan fingerprint density at radius 1 is 0.481 bits per heavy atom. The van der Waals surface area contributed by atoms with Crippen LogP contribution in [0.5, 0.6) is 0 Å². The number of benzene rings is 7. The topological polar surface area (TPSA) is 93.4 Å². The normalized spacial score (nSPS) is 11.7. The maximum absolute atomic E-state index is 9.73. The predicted octanol–water partition coefficient (Wildman–Crippen LogP) is 11.4. The Morgan fingerprint density at radius 3 is 1.89 bits per heavy atom. The van der Waals surface area contributed by atoms with Gasteiger partial charge in [0, 0.05) is 54.4 Å². The van der Waals surface area contributed by atoms with E-state index in [4.69, 9.17) is 24.4 Å². The average Bonchev–Trinajstić information content (AvgIpc) is 3.79.